The predicted molar refractivity (Wildman–Crippen MR) is 103 cm³/mol. The van der Waals surface area contributed by atoms with Crippen LogP contribution >= 0.6 is 0 Å². The van der Waals surface area contributed by atoms with Gasteiger partial charge in [-0.2, -0.15) is 4.98 Å². The highest BCUT2D eigenvalue weighted by Crippen LogP contribution is 2.22. The molecule has 0 saturated carbocycles. The van der Waals surface area contributed by atoms with Gasteiger partial charge in [0.1, 0.15) is 0 Å². The van der Waals surface area contributed by atoms with Gasteiger partial charge in [0.15, 0.2) is 0 Å². The first kappa shape index (κ1) is 17.9. The molecular formula is C21H26N4O2. The minimum Gasteiger partial charge on any atom is -0.340 e. The van der Waals surface area contributed by atoms with Crippen LogP contribution in [0.2, 0.25) is 0 Å². The van der Waals surface area contributed by atoms with Crippen LogP contribution in [0.25, 0.3) is 11.4 Å². The van der Waals surface area contributed by atoms with Crippen LogP contribution in [0.1, 0.15) is 30.7 Å². The lowest BCUT2D eigenvalue weighted by atomic mass is 9.93. The van der Waals surface area contributed by atoms with Gasteiger partial charge < -0.3 is 9.42 Å². The van der Waals surface area contributed by atoms with E-state index < -0.39 is 0 Å². The molecule has 1 fully saturated rings. The number of benzene rings is 1. The van der Waals surface area contributed by atoms with Crippen molar-refractivity contribution >= 4 is 5.91 Å². The van der Waals surface area contributed by atoms with Crippen molar-refractivity contribution in [2.75, 3.05) is 26.2 Å². The lowest BCUT2D eigenvalue weighted by Gasteiger charge is -2.36. The molecule has 0 bridgehead atoms. The summed E-state index contributed by atoms with van der Waals surface area (Å²) in [5.74, 6) is 1.75. The van der Waals surface area contributed by atoms with E-state index in [0.29, 0.717) is 24.2 Å². The number of aromatic nitrogens is 2. The quantitative estimate of drug-likeness (QED) is 0.779. The smallest absolute Gasteiger partial charge is 0.241 e. The summed E-state index contributed by atoms with van der Waals surface area (Å²) in [6, 6.07) is 8.11. The number of rotatable bonds is 4. The van der Waals surface area contributed by atoms with Crippen molar-refractivity contribution in [2.45, 2.75) is 32.7 Å². The molecule has 1 saturated heterocycles. The third kappa shape index (κ3) is 4.27. The Balaban J connectivity index is 1.30. The first-order chi connectivity index (χ1) is 13.2. The maximum absolute atomic E-state index is 12.6. The molecule has 0 radical (unpaired) electrons. The van der Waals surface area contributed by atoms with E-state index in [1.54, 1.807) is 0 Å². The molecule has 1 aliphatic heterocycles. The molecule has 6 heteroatoms. The molecule has 1 unspecified atom stereocenters. The van der Waals surface area contributed by atoms with Gasteiger partial charge >= 0.3 is 0 Å². The number of nitrogens with zero attached hydrogens (tertiary/aromatic N) is 4. The summed E-state index contributed by atoms with van der Waals surface area (Å²) < 4.78 is 5.43. The average Bonchev–Trinajstić information content (AvgIpc) is 3.18. The first-order valence-corrected chi connectivity index (χ1v) is 9.75. The normalized spacial score (nSPS) is 20.8. The SMILES string of the molecule is Cc1ccc(-c2noc(CN3CCN(C(=O)C4CC=CCC4)CC3)n2)cc1. The molecule has 27 heavy (non-hydrogen) atoms. The fourth-order valence-electron chi connectivity index (χ4n) is 3.73. The van der Waals surface area contributed by atoms with E-state index >= 15 is 0 Å². The van der Waals surface area contributed by atoms with Crippen LogP contribution in [0.15, 0.2) is 40.9 Å². The summed E-state index contributed by atoms with van der Waals surface area (Å²) in [6.07, 6.45) is 7.22. The zero-order chi connectivity index (χ0) is 18.6. The van der Waals surface area contributed by atoms with Crippen LogP contribution in [0.5, 0.6) is 0 Å². The Morgan fingerprint density at radius 2 is 1.93 bits per heavy atom. The second kappa shape index (κ2) is 8.05. The number of carbonyl (C=O) groups is 1. The summed E-state index contributed by atoms with van der Waals surface area (Å²) in [6.45, 7) is 5.93. The fourth-order valence-corrected chi connectivity index (χ4v) is 3.73. The average molecular weight is 366 g/mol. The van der Waals surface area contributed by atoms with Crippen LogP contribution in [-0.4, -0.2) is 52.0 Å². The third-order valence-corrected chi connectivity index (χ3v) is 5.44. The number of hydrogen-bond acceptors (Lipinski definition) is 5. The van der Waals surface area contributed by atoms with Gasteiger partial charge in [-0.05, 0) is 26.2 Å². The largest absolute Gasteiger partial charge is 0.340 e. The van der Waals surface area contributed by atoms with Gasteiger partial charge in [-0.3, -0.25) is 9.69 Å². The number of allylic oxidation sites excluding steroid dienone is 2. The van der Waals surface area contributed by atoms with Crippen LogP contribution in [0.3, 0.4) is 0 Å². The monoisotopic (exact) mass is 366 g/mol. The van der Waals surface area contributed by atoms with E-state index in [0.717, 1.165) is 51.0 Å². The van der Waals surface area contributed by atoms with Crippen LogP contribution in [-0.2, 0) is 11.3 Å². The summed E-state index contributed by atoms with van der Waals surface area (Å²) in [7, 11) is 0. The highest BCUT2D eigenvalue weighted by Gasteiger charge is 2.27. The van der Waals surface area contributed by atoms with Crippen LogP contribution in [0, 0.1) is 12.8 Å². The number of aryl methyl sites for hydroxylation is 1. The zero-order valence-electron chi connectivity index (χ0n) is 15.8. The van der Waals surface area contributed by atoms with E-state index in [9.17, 15) is 4.79 Å². The van der Waals surface area contributed by atoms with Crippen molar-refractivity contribution in [1.29, 1.82) is 0 Å². The van der Waals surface area contributed by atoms with Gasteiger partial charge in [0, 0.05) is 37.7 Å². The Labute approximate surface area is 159 Å². The van der Waals surface area contributed by atoms with Crippen LogP contribution in [0.4, 0.5) is 0 Å². The molecule has 2 aromatic rings. The summed E-state index contributed by atoms with van der Waals surface area (Å²) in [5.41, 5.74) is 2.17. The van der Waals surface area contributed by atoms with E-state index in [1.807, 2.05) is 29.2 Å². The van der Waals surface area contributed by atoms with Gasteiger partial charge in [0.05, 0.1) is 6.54 Å². The molecular weight excluding hydrogens is 340 g/mol. The molecule has 6 nitrogen and oxygen atoms in total. The van der Waals surface area contributed by atoms with Gasteiger partial charge in [-0.1, -0.05) is 47.1 Å². The Morgan fingerprint density at radius 3 is 2.63 bits per heavy atom. The van der Waals surface area contributed by atoms with Crippen molar-refractivity contribution in [3.63, 3.8) is 0 Å². The summed E-state index contributed by atoms with van der Waals surface area (Å²) in [5, 5.41) is 4.10. The lowest BCUT2D eigenvalue weighted by Crippen LogP contribution is -2.50. The minimum absolute atomic E-state index is 0.176. The molecule has 4 rings (SSSR count). The van der Waals surface area contributed by atoms with Gasteiger partial charge in [-0.25, -0.2) is 0 Å². The van der Waals surface area contributed by atoms with Crippen LogP contribution < -0.4 is 0 Å². The Kier molecular flexibility index (Phi) is 5.34. The molecule has 0 N–H and O–H groups in total. The van der Waals surface area contributed by atoms with Gasteiger partial charge in [0.25, 0.3) is 0 Å². The summed E-state index contributed by atoms with van der Waals surface area (Å²) in [4.78, 5) is 21.5. The van der Waals surface area contributed by atoms with Gasteiger partial charge in [-0.15, -0.1) is 0 Å². The molecule has 1 atom stereocenters. The lowest BCUT2D eigenvalue weighted by molar-refractivity contribution is -0.137. The Bertz CT molecular complexity index is 804. The highest BCUT2D eigenvalue weighted by molar-refractivity contribution is 5.79. The van der Waals surface area contributed by atoms with E-state index in [1.165, 1.54) is 5.56 Å². The molecule has 1 aromatic heterocycles. The molecule has 2 aliphatic rings. The number of carbonyl (C=O) groups excluding carboxylic acids is 1. The third-order valence-electron chi connectivity index (χ3n) is 5.44. The van der Waals surface area contributed by atoms with Crippen molar-refractivity contribution < 1.29 is 9.32 Å². The molecule has 1 aromatic carbocycles. The second-order valence-electron chi connectivity index (χ2n) is 7.46. The summed E-state index contributed by atoms with van der Waals surface area (Å²) >= 11 is 0. The fraction of sp³-hybridized carbons (Fsp3) is 0.476. The second-order valence-corrected chi connectivity index (χ2v) is 7.46. The van der Waals surface area contributed by atoms with Crippen molar-refractivity contribution in [3.8, 4) is 11.4 Å². The zero-order valence-corrected chi connectivity index (χ0v) is 15.8. The van der Waals surface area contributed by atoms with Crippen molar-refractivity contribution in [2.24, 2.45) is 5.92 Å². The molecule has 0 spiro atoms. The highest BCUT2D eigenvalue weighted by atomic mass is 16.5. The molecule has 1 amide bonds. The number of amides is 1. The molecule has 2 heterocycles. The minimum atomic E-state index is 0.176. The standard InChI is InChI=1S/C21H26N4O2/c1-16-7-9-17(10-8-16)20-22-19(27-23-20)15-24-11-13-25(14-12-24)21(26)18-5-3-2-4-6-18/h2-3,7-10,18H,4-6,11-15H2,1H3. The van der Waals surface area contributed by atoms with Crippen molar-refractivity contribution in [3.05, 3.63) is 47.9 Å². The number of hydrogen-bond donors (Lipinski definition) is 0. The maximum Gasteiger partial charge on any atom is 0.241 e. The van der Waals surface area contributed by atoms with E-state index in [4.69, 9.17) is 4.52 Å². The van der Waals surface area contributed by atoms with E-state index in [-0.39, 0.29) is 5.92 Å². The Morgan fingerprint density at radius 1 is 1.15 bits per heavy atom. The molecule has 142 valence electrons. The maximum atomic E-state index is 12.6. The first-order valence-electron chi connectivity index (χ1n) is 9.75. The van der Waals surface area contributed by atoms with Crippen molar-refractivity contribution in [1.82, 2.24) is 19.9 Å². The Hall–Kier alpha value is -2.47. The van der Waals surface area contributed by atoms with E-state index in [2.05, 4.69) is 34.1 Å². The molecule has 1 aliphatic carbocycles. The topological polar surface area (TPSA) is 62.5 Å². The van der Waals surface area contributed by atoms with Gasteiger partial charge in [0.2, 0.25) is 17.6 Å². The number of piperazine rings is 1. The predicted octanol–water partition coefficient (Wildman–Crippen LogP) is 3.05.